The molecular weight excluding hydrogens is 344 g/mol. The Morgan fingerprint density at radius 2 is 2.25 bits per heavy atom. The Kier molecular flexibility index (Phi) is 4.93. The first-order valence-corrected chi connectivity index (χ1v) is 8.12. The second-order valence-electron chi connectivity index (χ2n) is 4.55. The van der Waals surface area contributed by atoms with Crippen molar-refractivity contribution in [3.05, 3.63) is 28.2 Å². The van der Waals surface area contributed by atoms with E-state index in [9.17, 15) is 9.59 Å². The maximum Gasteiger partial charge on any atom is 0.335 e. The molecule has 1 fully saturated rings. The van der Waals surface area contributed by atoms with Crippen molar-refractivity contribution in [2.24, 2.45) is 0 Å². The molecule has 0 radical (unpaired) electrons. The van der Waals surface area contributed by atoms with E-state index in [-0.39, 0.29) is 17.6 Å². The Morgan fingerprint density at radius 3 is 2.90 bits per heavy atom. The van der Waals surface area contributed by atoms with Crippen molar-refractivity contribution in [3.8, 4) is 0 Å². The van der Waals surface area contributed by atoms with Crippen molar-refractivity contribution < 1.29 is 14.7 Å². The molecule has 1 unspecified atom stereocenters. The molecule has 0 bridgehead atoms. The number of nitrogens with one attached hydrogen (secondary N) is 1. The van der Waals surface area contributed by atoms with Gasteiger partial charge in [0.1, 0.15) is 0 Å². The molecule has 1 aromatic carbocycles. The Morgan fingerprint density at radius 1 is 1.50 bits per heavy atom. The molecule has 2 N–H and O–H groups in total. The number of amides is 2. The van der Waals surface area contributed by atoms with Gasteiger partial charge >= 0.3 is 12.0 Å². The molecule has 1 aromatic rings. The standard InChI is InChI=1S/C13H15BrN2O3S/c1-8-7-20-5-4-16(8)13(19)15-11-6-9(12(17)18)2-3-10(11)14/h2-3,6,8H,4-5,7H2,1H3,(H,15,19)(H,17,18). The molecule has 2 amide bonds. The lowest BCUT2D eigenvalue weighted by atomic mass is 10.2. The highest BCUT2D eigenvalue weighted by molar-refractivity contribution is 9.10. The van der Waals surface area contributed by atoms with E-state index in [4.69, 9.17) is 5.11 Å². The fraction of sp³-hybridized carbons (Fsp3) is 0.385. The number of carbonyl (C=O) groups is 2. The minimum absolute atomic E-state index is 0.144. The third kappa shape index (κ3) is 3.46. The van der Waals surface area contributed by atoms with Crippen LogP contribution in [0.15, 0.2) is 22.7 Å². The molecule has 0 aliphatic carbocycles. The summed E-state index contributed by atoms with van der Waals surface area (Å²) in [5.41, 5.74) is 0.617. The fourth-order valence-corrected chi connectivity index (χ4v) is 3.33. The predicted molar refractivity (Wildman–Crippen MR) is 83.6 cm³/mol. The second kappa shape index (κ2) is 6.49. The summed E-state index contributed by atoms with van der Waals surface area (Å²) < 4.78 is 0.662. The van der Waals surface area contributed by atoms with Crippen LogP contribution in [0, 0.1) is 0 Å². The summed E-state index contributed by atoms with van der Waals surface area (Å²) in [5, 5.41) is 11.8. The van der Waals surface area contributed by atoms with E-state index in [1.165, 1.54) is 12.1 Å². The number of hydrogen-bond acceptors (Lipinski definition) is 3. The zero-order valence-electron chi connectivity index (χ0n) is 10.9. The largest absolute Gasteiger partial charge is 0.478 e. The summed E-state index contributed by atoms with van der Waals surface area (Å²) >= 11 is 5.15. The van der Waals surface area contributed by atoms with E-state index in [1.807, 2.05) is 18.7 Å². The molecular formula is C13H15BrN2O3S. The number of carboxylic acids is 1. The van der Waals surface area contributed by atoms with Gasteiger partial charge in [-0.3, -0.25) is 0 Å². The van der Waals surface area contributed by atoms with Crippen LogP contribution in [0.3, 0.4) is 0 Å². The maximum atomic E-state index is 12.2. The zero-order valence-corrected chi connectivity index (χ0v) is 13.3. The Hall–Kier alpha value is -1.21. The molecule has 5 nitrogen and oxygen atoms in total. The maximum absolute atomic E-state index is 12.2. The van der Waals surface area contributed by atoms with E-state index < -0.39 is 5.97 Å². The van der Waals surface area contributed by atoms with Crippen LogP contribution in [-0.4, -0.2) is 46.1 Å². The van der Waals surface area contributed by atoms with Crippen LogP contribution in [-0.2, 0) is 0 Å². The van der Waals surface area contributed by atoms with Gasteiger partial charge in [0.15, 0.2) is 0 Å². The predicted octanol–water partition coefficient (Wildman–Crippen LogP) is 3.12. The quantitative estimate of drug-likeness (QED) is 0.851. The van der Waals surface area contributed by atoms with Gasteiger partial charge in [-0.25, -0.2) is 9.59 Å². The monoisotopic (exact) mass is 358 g/mol. The molecule has 1 heterocycles. The number of aromatic carboxylic acids is 1. The van der Waals surface area contributed by atoms with E-state index >= 15 is 0 Å². The number of thioether (sulfide) groups is 1. The van der Waals surface area contributed by atoms with E-state index in [2.05, 4.69) is 21.2 Å². The highest BCUT2D eigenvalue weighted by atomic mass is 79.9. The van der Waals surface area contributed by atoms with Gasteiger partial charge in [-0.2, -0.15) is 11.8 Å². The van der Waals surface area contributed by atoms with Gasteiger partial charge in [-0.15, -0.1) is 0 Å². The molecule has 0 saturated carbocycles. The van der Waals surface area contributed by atoms with Crippen molar-refractivity contribution in [2.45, 2.75) is 13.0 Å². The van der Waals surface area contributed by atoms with Gasteiger partial charge in [0, 0.05) is 28.6 Å². The van der Waals surface area contributed by atoms with Crippen LogP contribution in [0.5, 0.6) is 0 Å². The van der Waals surface area contributed by atoms with Crippen LogP contribution in [0.2, 0.25) is 0 Å². The third-order valence-electron chi connectivity index (χ3n) is 3.08. The topological polar surface area (TPSA) is 69.6 Å². The molecule has 1 saturated heterocycles. The lowest BCUT2D eigenvalue weighted by molar-refractivity contribution is 0.0697. The van der Waals surface area contributed by atoms with Crippen molar-refractivity contribution in [3.63, 3.8) is 0 Å². The Balaban J connectivity index is 2.14. The molecule has 1 atom stereocenters. The van der Waals surface area contributed by atoms with Crippen molar-refractivity contribution in [1.29, 1.82) is 0 Å². The number of anilines is 1. The summed E-state index contributed by atoms with van der Waals surface area (Å²) in [6.07, 6.45) is 0. The van der Waals surface area contributed by atoms with Crippen LogP contribution >= 0.6 is 27.7 Å². The number of benzene rings is 1. The molecule has 1 aliphatic rings. The normalized spacial score (nSPS) is 18.7. The van der Waals surface area contributed by atoms with Gasteiger partial charge < -0.3 is 15.3 Å². The molecule has 108 valence electrons. The third-order valence-corrected chi connectivity index (χ3v) is 4.96. The summed E-state index contributed by atoms with van der Waals surface area (Å²) in [6.45, 7) is 2.71. The summed E-state index contributed by atoms with van der Waals surface area (Å²) in [7, 11) is 0. The summed E-state index contributed by atoms with van der Waals surface area (Å²) in [4.78, 5) is 25.0. The van der Waals surface area contributed by atoms with Crippen molar-refractivity contribution >= 4 is 45.4 Å². The number of carboxylic acid groups (broad SMARTS) is 1. The SMILES string of the molecule is CC1CSCCN1C(=O)Nc1cc(C(=O)O)ccc1Br. The van der Waals surface area contributed by atoms with Gasteiger partial charge in [-0.05, 0) is 41.1 Å². The average Bonchev–Trinajstić information content (AvgIpc) is 2.41. The molecule has 1 aliphatic heterocycles. The smallest absolute Gasteiger partial charge is 0.335 e. The van der Waals surface area contributed by atoms with Crippen LogP contribution in [0.1, 0.15) is 17.3 Å². The number of nitrogens with zero attached hydrogens (tertiary/aromatic N) is 1. The Bertz CT molecular complexity index is 538. The van der Waals surface area contributed by atoms with Gasteiger partial charge in [0.2, 0.25) is 0 Å². The van der Waals surface area contributed by atoms with E-state index in [0.717, 1.165) is 11.5 Å². The molecule has 7 heteroatoms. The summed E-state index contributed by atoms with van der Waals surface area (Å²) in [5.74, 6) is 0.827. The first kappa shape index (κ1) is 15.2. The number of urea groups is 1. The lowest BCUT2D eigenvalue weighted by Gasteiger charge is -2.33. The van der Waals surface area contributed by atoms with E-state index in [1.54, 1.807) is 11.0 Å². The lowest BCUT2D eigenvalue weighted by Crippen LogP contribution is -2.46. The molecule has 2 rings (SSSR count). The molecule has 0 aromatic heterocycles. The molecule has 0 spiro atoms. The highest BCUT2D eigenvalue weighted by Crippen LogP contribution is 2.25. The first-order chi connectivity index (χ1) is 9.49. The van der Waals surface area contributed by atoms with Gasteiger partial charge in [0.25, 0.3) is 0 Å². The fourth-order valence-electron chi connectivity index (χ4n) is 1.97. The average molecular weight is 359 g/mol. The first-order valence-electron chi connectivity index (χ1n) is 6.17. The van der Waals surface area contributed by atoms with Crippen molar-refractivity contribution in [1.82, 2.24) is 4.90 Å². The van der Waals surface area contributed by atoms with Crippen LogP contribution in [0.25, 0.3) is 0 Å². The number of hydrogen-bond donors (Lipinski definition) is 2. The van der Waals surface area contributed by atoms with Crippen LogP contribution in [0.4, 0.5) is 10.5 Å². The van der Waals surface area contributed by atoms with Gasteiger partial charge in [0.05, 0.1) is 11.3 Å². The number of rotatable bonds is 2. The molecule has 20 heavy (non-hydrogen) atoms. The zero-order chi connectivity index (χ0) is 14.7. The minimum atomic E-state index is -1.02. The Labute approximate surface area is 129 Å². The van der Waals surface area contributed by atoms with Crippen LogP contribution < -0.4 is 5.32 Å². The number of carbonyl (C=O) groups excluding carboxylic acids is 1. The van der Waals surface area contributed by atoms with Gasteiger partial charge in [-0.1, -0.05) is 0 Å². The highest BCUT2D eigenvalue weighted by Gasteiger charge is 2.24. The number of halogens is 1. The van der Waals surface area contributed by atoms with E-state index in [0.29, 0.717) is 16.7 Å². The minimum Gasteiger partial charge on any atom is -0.478 e. The van der Waals surface area contributed by atoms with Crippen molar-refractivity contribution in [2.75, 3.05) is 23.4 Å². The second-order valence-corrected chi connectivity index (χ2v) is 6.55. The summed E-state index contributed by atoms with van der Waals surface area (Å²) in [6, 6.07) is 4.54.